The van der Waals surface area contributed by atoms with E-state index in [-0.39, 0.29) is 6.04 Å². The molecule has 0 radical (unpaired) electrons. The molecule has 92 valence electrons. The van der Waals surface area contributed by atoms with Crippen LogP contribution in [0.25, 0.3) is 0 Å². The molecule has 2 heteroatoms. The highest BCUT2D eigenvalue weighted by Gasteiger charge is 2.12. The minimum absolute atomic E-state index is 0.139. The number of benzene rings is 1. The quantitative estimate of drug-likeness (QED) is 0.787. The Bertz CT molecular complexity index is 350. The lowest BCUT2D eigenvalue weighted by Gasteiger charge is -2.19. The number of rotatable bonds is 5. The van der Waals surface area contributed by atoms with Crippen molar-refractivity contribution in [2.24, 2.45) is 5.73 Å². The van der Waals surface area contributed by atoms with E-state index in [1.807, 2.05) is 6.08 Å². The zero-order valence-corrected chi connectivity index (χ0v) is 10.4. The van der Waals surface area contributed by atoms with Gasteiger partial charge in [-0.2, -0.15) is 0 Å². The van der Waals surface area contributed by atoms with Crippen LogP contribution in [0.2, 0.25) is 0 Å². The van der Waals surface area contributed by atoms with Crippen molar-refractivity contribution in [3.05, 3.63) is 42.5 Å². The molecule has 0 saturated carbocycles. The van der Waals surface area contributed by atoms with Crippen molar-refractivity contribution in [1.82, 2.24) is 0 Å². The van der Waals surface area contributed by atoms with Crippen molar-refractivity contribution in [3.63, 3.8) is 0 Å². The van der Waals surface area contributed by atoms with Gasteiger partial charge in [0.2, 0.25) is 0 Å². The number of allylic oxidation sites excluding steroid dienone is 1. The Kier molecular flexibility index (Phi) is 4.21. The Morgan fingerprint density at radius 1 is 1.24 bits per heavy atom. The van der Waals surface area contributed by atoms with E-state index in [0.717, 1.165) is 12.8 Å². The largest absolute Gasteiger partial charge is 0.372 e. The summed E-state index contributed by atoms with van der Waals surface area (Å²) in [5.74, 6) is 0. The average molecular weight is 230 g/mol. The molecule has 2 nitrogen and oxygen atoms in total. The summed E-state index contributed by atoms with van der Waals surface area (Å²) in [6.45, 7) is 6.12. The van der Waals surface area contributed by atoms with Gasteiger partial charge in [-0.05, 0) is 43.4 Å². The lowest BCUT2D eigenvalue weighted by Crippen LogP contribution is -2.17. The molecule has 0 aromatic heterocycles. The van der Waals surface area contributed by atoms with Crippen molar-refractivity contribution >= 4 is 5.69 Å². The molecule has 2 N–H and O–H groups in total. The fraction of sp³-hybridized carbons (Fsp3) is 0.467. The van der Waals surface area contributed by atoms with E-state index in [9.17, 15) is 0 Å². The van der Waals surface area contributed by atoms with Gasteiger partial charge in [-0.25, -0.2) is 0 Å². The van der Waals surface area contributed by atoms with Crippen LogP contribution in [-0.2, 0) is 0 Å². The zero-order chi connectivity index (χ0) is 12.1. The molecule has 0 bridgehead atoms. The fourth-order valence-electron chi connectivity index (χ4n) is 2.37. The first-order chi connectivity index (χ1) is 8.31. The SMILES string of the molecule is C=CCC[C@@H](N)c1ccc(N2CCCC2)cc1. The van der Waals surface area contributed by atoms with Crippen LogP contribution in [0.3, 0.4) is 0 Å². The van der Waals surface area contributed by atoms with E-state index in [2.05, 4.69) is 35.7 Å². The third-order valence-electron chi connectivity index (χ3n) is 3.47. The minimum atomic E-state index is 0.139. The summed E-state index contributed by atoms with van der Waals surface area (Å²) >= 11 is 0. The number of nitrogens with two attached hydrogens (primary N) is 1. The molecule has 0 aliphatic carbocycles. The number of anilines is 1. The number of hydrogen-bond acceptors (Lipinski definition) is 2. The van der Waals surface area contributed by atoms with Gasteiger partial charge in [-0.1, -0.05) is 18.2 Å². The molecule has 1 aromatic carbocycles. The van der Waals surface area contributed by atoms with Crippen LogP contribution in [-0.4, -0.2) is 13.1 Å². The molecule has 0 spiro atoms. The van der Waals surface area contributed by atoms with Crippen molar-refractivity contribution in [3.8, 4) is 0 Å². The number of nitrogens with zero attached hydrogens (tertiary/aromatic N) is 1. The predicted octanol–water partition coefficient (Wildman–Crippen LogP) is 3.25. The molecule has 17 heavy (non-hydrogen) atoms. The van der Waals surface area contributed by atoms with Crippen molar-refractivity contribution < 1.29 is 0 Å². The van der Waals surface area contributed by atoms with Crippen LogP contribution >= 0.6 is 0 Å². The van der Waals surface area contributed by atoms with E-state index in [0.29, 0.717) is 0 Å². The fourth-order valence-corrected chi connectivity index (χ4v) is 2.37. The predicted molar refractivity (Wildman–Crippen MR) is 74.2 cm³/mol. The molecule has 1 heterocycles. The molecule has 0 amide bonds. The summed E-state index contributed by atoms with van der Waals surface area (Å²) in [6.07, 6.45) is 6.53. The second-order valence-electron chi connectivity index (χ2n) is 4.76. The van der Waals surface area contributed by atoms with Crippen LogP contribution in [0.15, 0.2) is 36.9 Å². The standard InChI is InChI=1S/C15H22N2/c1-2-3-6-15(16)13-7-9-14(10-8-13)17-11-4-5-12-17/h2,7-10,15H,1,3-6,11-12,16H2/t15-/m1/s1. The first-order valence-electron chi connectivity index (χ1n) is 6.52. The third kappa shape index (κ3) is 3.10. The summed E-state index contributed by atoms with van der Waals surface area (Å²) < 4.78 is 0. The maximum absolute atomic E-state index is 6.12. The maximum atomic E-state index is 6.12. The van der Waals surface area contributed by atoms with Gasteiger partial charge in [0.15, 0.2) is 0 Å². The first-order valence-corrected chi connectivity index (χ1v) is 6.52. The van der Waals surface area contributed by atoms with Crippen LogP contribution in [0.5, 0.6) is 0 Å². The number of hydrogen-bond donors (Lipinski definition) is 1. The molecule has 1 aromatic rings. The Morgan fingerprint density at radius 2 is 1.88 bits per heavy atom. The summed E-state index contributed by atoms with van der Waals surface area (Å²) in [5, 5.41) is 0. The summed E-state index contributed by atoms with van der Waals surface area (Å²) in [6, 6.07) is 8.88. The van der Waals surface area contributed by atoms with Gasteiger partial charge < -0.3 is 10.6 Å². The van der Waals surface area contributed by atoms with Gasteiger partial charge in [-0.15, -0.1) is 6.58 Å². The van der Waals surface area contributed by atoms with Gasteiger partial charge in [0.25, 0.3) is 0 Å². The first kappa shape index (κ1) is 12.2. The second-order valence-corrected chi connectivity index (χ2v) is 4.76. The summed E-state index contributed by atoms with van der Waals surface area (Å²) in [4.78, 5) is 2.44. The van der Waals surface area contributed by atoms with E-state index in [1.54, 1.807) is 0 Å². The smallest absolute Gasteiger partial charge is 0.0366 e. The molecular formula is C15H22N2. The zero-order valence-electron chi connectivity index (χ0n) is 10.4. The van der Waals surface area contributed by atoms with Crippen LogP contribution in [0, 0.1) is 0 Å². The van der Waals surface area contributed by atoms with Crippen molar-refractivity contribution in [1.29, 1.82) is 0 Å². The Labute approximate surface area is 104 Å². The lowest BCUT2D eigenvalue weighted by molar-refractivity contribution is 0.661. The van der Waals surface area contributed by atoms with Crippen LogP contribution in [0.1, 0.15) is 37.3 Å². The van der Waals surface area contributed by atoms with E-state index in [1.165, 1.54) is 37.2 Å². The van der Waals surface area contributed by atoms with Crippen molar-refractivity contribution in [2.45, 2.75) is 31.7 Å². The molecule has 1 saturated heterocycles. The highest BCUT2D eigenvalue weighted by atomic mass is 15.1. The minimum Gasteiger partial charge on any atom is -0.372 e. The maximum Gasteiger partial charge on any atom is 0.0366 e. The van der Waals surface area contributed by atoms with E-state index in [4.69, 9.17) is 5.73 Å². The molecule has 1 atom stereocenters. The Balaban J connectivity index is 1.99. The lowest BCUT2D eigenvalue weighted by atomic mass is 10.0. The highest BCUT2D eigenvalue weighted by molar-refractivity contribution is 5.48. The Morgan fingerprint density at radius 3 is 2.47 bits per heavy atom. The molecule has 1 aliphatic rings. The summed E-state index contributed by atoms with van der Waals surface area (Å²) in [7, 11) is 0. The van der Waals surface area contributed by atoms with Crippen LogP contribution < -0.4 is 10.6 Å². The topological polar surface area (TPSA) is 29.3 Å². The van der Waals surface area contributed by atoms with Crippen molar-refractivity contribution in [2.75, 3.05) is 18.0 Å². The Hall–Kier alpha value is -1.28. The monoisotopic (exact) mass is 230 g/mol. The van der Waals surface area contributed by atoms with Gasteiger partial charge in [-0.3, -0.25) is 0 Å². The van der Waals surface area contributed by atoms with E-state index >= 15 is 0 Å². The second kappa shape index (κ2) is 5.87. The summed E-state index contributed by atoms with van der Waals surface area (Å²) in [5.41, 5.74) is 8.69. The normalized spacial score (nSPS) is 17.1. The van der Waals surface area contributed by atoms with Crippen LogP contribution in [0.4, 0.5) is 5.69 Å². The van der Waals surface area contributed by atoms with Gasteiger partial charge >= 0.3 is 0 Å². The molecule has 1 fully saturated rings. The van der Waals surface area contributed by atoms with Gasteiger partial charge in [0.05, 0.1) is 0 Å². The van der Waals surface area contributed by atoms with Gasteiger partial charge in [0.1, 0.15) is 0 Å². The van der Waals surface area contributed by atoms with Gasteiger partial charge in [0, 0.05) is 24.8 Å². The molecule has 2 rings (SSSR count). The molecular weight excluding hydrogens is 208 g/mol. The molecule has 0 unspecified atom stereocenters. The highest BCUT2D eigenvalue weighted by Crippen LogP contribution is 2.23. The van der Waals surface area contributed by atoms with E-state index < -0.39 is 0 Å². The molecule has 1 aliphatic heterocycles. The third-order valence-corrected chi connectivity index (χ3v) is 3.47. The average Bonchev–Trinajstić information content (AvgIpc) is 2.90.